The minimum atomic E-state index is -2.33. The van der Waals surface area contributed by atoms with Crippen molar-refractivity contribution in [2.45, 2.75) is 0 Å². The van der Waals surface area contributed by atoms with Crippen LogP contribution in [0.3, 0.4) is 0 Å². The van der Waals surface area contributed by atoms with Gasteiger partial charge in [0.25, 0.3) is 0 Å². The van der Waals surface area contributed by atoms with Crippen LogP contribution in [0.5, 0.6) is 0 Å². The Kier molecular flexibility index (Phi) is 47.5. The second kappa shape index (κ2) is 22.8. The molecule has 0 saturated heterocycles. The molecule has 0 saturated carbocycles. The molecule has 0 bridgehead atoms. The first-order valence-electron chi connectivity index (χ1n) is 1.84. The minimum Gasteiger partial charge on any atom is -0.652 e. The quantitative estimate of drug-likeness (QED) is 0.387. The number of hydrogen-bond acceptors (Lipinski definition) is 9. The monoisotopic (exact) mass is 333 g/mol. The van der Waals surface area contributed by atoms with Gasteiger partial charge in [-0.25, -0.2) is 0 Å². The van der Waals surface area contributed by atoms with Gasteiger partial charge < -0.3 is 45.0 Å². The smallest absolute Gasteiger partial charge is 0.652 e. The van der Waals surface area contributed by atoms with Gasteiger partial charge in [-0.15, -0.1) is 0 Å². The summed E-state index contributed by atoms with van der Waals surface area (Å²) < 4.78 is 0. The Labute approximate surface area is 107 Å². The average molecular weight is 335 g/mol. The van der Waals surface area contributed by atoms with E-state index in [2.05, 4.69) is 0 Å². The van der Waals surface area contributed by atoms with Crippen LogP contribution in [0, 0.1) is 0 Å². The summed E-state index contributed by atoms with van der Waals surface area (Å²) in [5.74, 6) is 0. The van der Waals surface area contributed by atoms with Gasteiger partial charge in [-0.05, 0) is 18.5 Å². The largest absolute Gasteiger partial charge is 4.00 e. The van der Waals surface area contributed by atoms with Crippen molar-refractivity contribution in [1.82, 2.24) is 0 Å². The SMILES string of the molecule is O=C([O-])[O-].O=C([O-])[O-].O=C([O-])[O-].[Cu+2].[Zr+4]. The normalized spacial score (nSPS) is 5.14. The summed E-state index contributed by atoms with van der Waals surface area (Å²) in [6.07, 6.45) is -7.00. The van der Waals surface area contributed by atoms with Crippen molar-refractivity contribution in [2.24, 2.45) is 0 Å². The van der Waals surface area contributed by atoms with Gasteiger partial charge in [0.05, 0.1) is 0 Å². The first kappa shape index (κ1) is 29.2. The van der Waals surface area contributed by atoms with Crippen LogP contribution < -0.4 is 30.6 Å². The second-order valence-corrected chi connectivity index (χ2v) is 0.750. The Balaban J connectivity index is -0.0000000270. The first-order chi connectivity index (χ1) is 5.20. The molecule has 11 heteroatoms. The predicted octanol–water partition coefficient (Wildman–Crippen LogP) is -7.35. The average Bonchev–Trinajstić information content (AvgIpc) is 1.54. The molecule has 0 aromatic rings. The maximum atomic E-state index is 8.33. The number of carboxylic acid groups (broad SMARTS) is 6. The van der Waals surface area contributed by atoms with Crippen molar-refractivity contribution in [2.75, 3.05) is 0 Å². The van der Waals surface area contributed by atoms with Crippen LogP contribution >= 0.6 is 0 Å². The summed E-state index contributed by atoms with van der Waals surface area (Å²) in [5.41, 5.74) is 0. The van der Waals surface area contributed by atoms with Crippen molar-refractivity contribution in [1.29, 1.82) is 0 Å². The summed E-state index contributed by atoms with van der Waals surface area (Å²) >= 11 is 0. The number of carbonyl (C=O) groups excluding carboxylic acids is 3. The molecule has 0 aromatic carbocycles. The van der Waals surface area contributed by atoms with Gasteiger partial charge in [0.1, 0.15) is 0 Å². The molecule has 0 atom stereocenters. The third kappa shape index (κ3) is 1890. The summed E-state index contributed by atoms with van der Waals surface area (Å²) in [7, 11) is 0. The molecule has 81 valence electrons. The summed E-state index contributed by atoms with van der Waals surface area (Å²) in [6, 6.07) is 0. The molecule has 0 heterocycles. The van der Waals surface area contributed by atoms with Crippen molar-refractivity contribution in [3.63, 3.8) is 0 Å². The van der Waals surface area contributed by atoms with Gasteiger partial charge in [-0.1, -0.05) is 0 Å². The Morgan fingerprint density at radius 3 is 0.571 bits per heavy atom. The van der Waals surface area contributed by atoms with E-state index in [1.165, 1.54) is 0 Å². The van der Waals surface area contributed by atoms with Crippen LogP contribution in [0.4, 0.5) is 14.4 Å². The van der Waals surface area contributed by atoms with E-state index >= 15 is 0 Å². The Morgan fingerprint density at radius 1 is 0.571 bits per heavy atom. The molecule has 14 heavy (non-hydrogen) atoms. The van der Waals surface area contributed by atoms with Gasteiger partial charge in [-0.3, -0.25) is 0 Å². The summed E-state index contributed by atoms with van der Waals surface area (Å²) in [6.45, 7) is 0. The van der Waals surface area contributed by atoms with Crippen molar-refractivity contribution in [3.05, 3.63) is 0 Å². The molecule has 0 aliphatic carbocycles. The van der Waals surface area contributed by atoms with Gasteiger partial charge >= 0.3 is 43.3 Å². The van der Waals surface area contributed by atoms with E-state index in [0.717, 1.165) is 0 Å². The molecule has 0 spiro atoms. The van der Waals surface area contributed by atoms with Crippen LogP contribution in [0.2, 0.25) is 0 Å². The molecule has 1 radical (unpaired) electrons. The number of hydrogen-bond donors (Lipinski definition) is 0. The van der Waals surface area contributed by atoms with Crippen molar-refractivity contribution < 1.29 is 88.3 Å². The molecule has 0 rings (SSSR count). The molecule has 0 amide bonds. The third-order valence-electron chi connectivity index (χ3n) is 0. The molecule has 0 aliphatic heterocycles. The van der Waals surface area contributed by atoms with E-state index in [1.54, 1.807) is 0 Å². The fraction of sp³-hybridized carbons (Fsp3) is 0. The zero-order valence-electron chi connectivity index (χ0n) is 5.98. The van der Waals surface area contributed by atoms with Gasteiger partial charge in [0.2, 0.25) is 0 Å². The Hall–Kier alpha value is -0.787. The Morgan fingerprint density at radius 2 is 0.571 bits per heavy atom. The maximum absolute atomic E-state index is 8.33. The number of rotatable bonds is 0. The maximum Gasteiger partial charge on any atom is 4.00 e. The third-order valence-corrected chi connectivity index (χ3v) is 0. The Bertz CT molecular complexity index is 118. The fourth-order valence-corrected chi connectivity index (χ4v) is 0. The van der Waals surface area contributed by atoms with Crippen LogP contribution in [0.15, 0.2) is 0 Å². The van der Waals surface area contributed by atoms with E-state index in [-0.39, 0.29) is 43.3 Å². The molecule has 0 aliphatic rings. The topological polar surface area (TPSA) is 190 Å². The van der Waals surface area contributed by atoms with Gasteiger partial charge in [0, 0.05) is 0 Å². The molecular weight excluding hydrogens is 335 g/mol. The van der Waals surface area contributed by atoms with Crippen molar-refractivity contribution >= 4 is 18.5 Å². The first-order valence-corrected chi connectivity index (χ1v) is 1.84. The zero-order chi connectivity index (χ0) is 10.7. The molecule has 0 unspecified atom stereocenters. The molecule has 9 nitrogen and oxygen atoms in total. The van der Waals surface area contributed by atoms with E-state index in [4.69, 9.17) is 45.0 Å². The fourth-order valence-electron chi connectivity index (χ4n) is 0. The zero-order valence-corrected chi connectivity index (χ0v) is 9.38. The molecule has 0 aromatic heterocycles. The van der Waals surface area contributed by atoms with E-state index < -0.39 is 18.5 Å². The van der Waals surface area contributed by atoms with Gasteiger partial charge in [0.15, 0.2) is 0 Å². The van der Waals surface area contributed by atoms with E-state index in [1.807, 2.05) is 0 Å². The van der Waals surface area contributed by atoms with Gasteiger partial charge in [-0.2, -0.15) is 0 Å². The van der Waals surface area contributed by atoms with E-state index in [0.29, 0.717) is 0 Å². The minimum absolute atomic E-state index is 0. The number of carbonyl (C=O) groups is 3. The second-order valence-electron chi connectivity index (χ2n) is 0.750. The summed E-state index contributed by atoms with van der Waals surface area (Å²) in [4.78, 5) is 25.0. The molecular formula is C3CuO9Zr. The van der Waals surface area contributed by atoms with Crippen LogP contribution in [-0.2, 0) is 43.3 Å². The van der Waals surface area contributed by atoms with Crippen LogP contribution in [0.1, 0.15) is 0 Å². The standard InChI is InChI=1S/3CH2O3.Cu.Zr/c3*2-1(3)4;;/h3*(H2,2,3,4);;/q;;;+2;+4/p-6. The summed E-state index contributed by atoms with van der Waals surface area (Å²) in [5, 5.41) is 50.0. The molecule has 0 N–H and O–H groups in total. The van der Waals surface area contributed by atoms with Crippen LogP contribution in [0.25, 0.3) is 0 Å². The van der Waals surface area contributed by atoms with Crippen LogP contribution in [-0.4, -0.2) is 18.5 Å². The van der Waals surface area contributed by atoms with Crippen molar-refractivity contribution in [3.8, 4) is 0 Å². The predicted molar refractivity (Wildman–Crippen MR) is 16.2 cm³/mol. The van der Waals surface area contributed by atoms with E-state index in [9.17, 15) is 0 Å². The molecule has 0 fully saturated rings.